The minimum atomic E-state index is -0.415. The molecular weight excluding hydrogens is 357 g/mol. The van der Waals surface area contributed by atoms with E-state index in [0.717, 1.165) is 50.2 Å². The summed E-state index contributed by atoms with van der Waals surface area (Å²) >= 11 is 0. The number of benzene rings is 2. The van der Waals surface area contributed by atoms with Gasteiger partial charge in [-0.2, -0.15) is 0 Å². The van der Waals surface area contributed by atoms with Gasteiger partial charge in [0.25, 0.3) is 5.91 Å². The third kappa shape index (κ3) is 5.96. The van der Waals surface area contributed by atoms with Gasteiger partial charge in [-0.3, -0.25) is 4.79 Å². The van der Waals surface area contributed by atoms with Gasteiger partial charge in [-0.15, -0.1) is 0 Å². The van der Waals surface area contributed by atoms with Crippen LogP contribution in [0.25, 0.3) is 0 Å². The number of hydrogen-bond acceptors (Lipinski definition) is 4. The lowest BCUT2D eigenvalue weighted by atomic mass is 10.2. The van der Waals surface area contributed by atoms with Crippen molar-refractivity contribution in [3.63, 3.8) is 0 Å². The molecule has 1 saturated heterocycles. The summed E-state index contributed by atoms with van der Waals surface area (Å²) in [5.74, 6) is -0.0173. The standard InChI is InChI=1S/C21H25FN2O2.CH5N/c1-2-3-14-26-18-9-6-16(7-10-18)21(25)23-20-11-8-17(15-19(20)22)24-12-4-5-13-24;1-2/h6-11,15H,2-5,12-14H2,1H3,(H,23,25);2H2,1H3. The van der Waals surface area contributed by atoms with Crippen molar-refractivity contribution in [2.75, 3.05) is 37.0 Å². The lowest BCUT2D eigenvalue weighted by Gasteiger charge is -2.18. The van der Waals surface area contributed by atoms with Crippen LogP contribution in [-0.4, -0.2) is 32.7 Å². The molecule has 0 radical (unpaired) electrons. The summed E-state index contributed by atoms with van der Waals surface area (Å²) in [6.07, 6.45) is 4.34. The minimum absolute atomic E-state index is 0.196. The Bertz CT molecular complexity index is 744. The largest absolute Gasteiger partial charge is 0.494 e. The predicted octanol–water partition coefficient (Wildman–Crippen LogP) is 4.43. The number of anilines is 2. The highest BCUT2D eigenvalue weighted by Gasteiger charge is 2.15. The van der Waals surface area contributed by atoms with Crippen LogP contribution in [0, 0.1) is 5.82 Å². The lowest BCUT2D eigenvalue weighted by Crippen LogP contribution is -2.18. The normalized spacial score (nSPS) is 12.9. The molecule has 0 bridgehead atoms. The molecule has 0 saturated carbocycles. The topological polar surface area (TPSA) is 67.6 Å². The van der Waals surface area contributed by atoms with E-state index in [1.165, 1.54) is 13.1 Å². The van der Waals surface area contributed by atoms with Crippen LogP contribution in [0.2, 0.25) is 0 Å². The summed E-state index contributed by atoms with van der Waals surface area (Å²) < 4.78 is 19.9. The van der Waals surface area contributed by atoms with Crippen LogP contribution in [0.3, 0.4) is 0 Å². The molecule has 6 heteroatoms. The van der Waals surface area contributed by atoms with Crippen molar-refractivity contribution < 1.29 is 13.9 Å². The molecule has 0 atom stereocenters. The quantitative estimate of drug-likeness (QED) is 0.690. The van der Waals surface area contributed by atoms with Crippen molar-refractivity contribution in [3.8, 4) is 5.75 Å². The number of rotatable bonds is 7. The van der Waals surface area contributed by atoms with E-state index in [2.05, 4.69) is 22.9 Å². The van der Waals surface area contributed by atoms with E-state index < -0.39 is 5.82 Å². The summed E-state index contributed by atoms with van der Waals surface area (Å²) in [7, 11) is 1.50. The Morgan fingerprint density at radius 1 is 1.14 bits per heavy atom. The summed E-state index contributed by atoms with van der Waals surface area (Å²) in [4.78, 5) is 14.5. The van der Waals surface area contributed by atoms with Crippen LogP contribution in [0.5, 0.6) is 5.75 Å². The molecule has 0 aromatic heterocycles. The van der Waals surface area contributed by atoms with Gasteiger partial charge in [0, 0.05) is 24.3 Å². The average molecular weight is 387 g/mol. The van der Waals surface area contributed by atoms with E-state index >= 15 is 0 Å². The molecule has 1 amide bonds. The Labute approximate surface area is 166 Å². The fraction of sp³-hybridized carbons (Fsp3) is 0.409. The summed E-state index contributed by atoms with van der Waals surface area (Å²) in [6.45, 7) is 4.68. The number of unbranched alkanes of at least 4 members (excludes halogenated alkanes) is 1. The fourth-order valence-electron chi connectivity index (χ4n) is 3.01. The molecule has 2 aromatic carbocycles. The highest BCUT2D eigenvalue weighted by molar-refractivity contribution is 6.04. The van der Waals surface area contributed by atoms with E-state index in [1.807, 2.05) is 6.07 Å². The van der Waals surface area contributed by atoms with Crippen LogP contribution < -0.4 is 20.7 Å². The molecule has 152 valence electrons. The Morgan fingerprint density at radius 2 is 1.82 bits per heavy atom. The third-order valence-corrected chi connectivity index (χ3v) is 4.56. The van der Waals surface area contributed by atoms with Crippen LogP contribution in [0.1, 0.15) is 43.0 Å². The summed E-state index contributed by atoms with van der Waals surface area (Å²) in [5.41, 5.74) is 6.03. The molecule has 1 heterocycles. The molecule has 3 N–H and O–H groups in total. The van der Waals surface area contributed by atoms with E-state index in [4.69, 9.17) is 4.74 Å². The molecule has 0 aliphatic carbocycles. The molecule has 5 nitrogen and oxygen atoms in total. The molecule has 3 rings (SSSR count). The molecule has 0 unspecified atom stereocenters. The Balaban J connectivity index is 0.00000136. The van der Waals surface area contributed by atoms with E-state index in [1.54, 1.807) is 30.3 Å². The molecule has 1 fully saturated rings. The highest BCUT2D eigenvalue weighted by atomic mass is 19.1. The fourth-order valence-corrected chi connectivity index (χ4v) is 3.01. The van der Waals surface area contributed by atoms with Gasteiger partial charge in [-0.1, -0.05) is 13.3 Å². The van der Waals surface area contributed by atoms with Gasteiger partial charge in [-0.25, -0.2) is 4.39 Å². The highest BCUT2D eigenvalue weighted by Crippen LogP contribution is 2.25. The van der Waals surface area contributed by atoms with Crippen molar-refractivity contribution in [1.82, 2.24) is 0 Å². The molecule has 28 heavy (non-hydrogen) atoms. The van der Waals surface area contributed by atoms with Gasteiger partial charge in [0.15, 0.2) is 0 Å². The Hall–Kier alpha value is -2.60. The van der Waals surface area contributed by atoms with Crippen molar-refractivity contribution in [3.05, 3.63) is 53.8 Å². The number of hydrogen-bond donors (Lipinski definition) is 2. The number of carbonyl (C=O) groups excluding carboxylic acids is 1. The van der Waals surface area contributed by atoms with Crippen molar-refractivity contribution in [2.45, 2.75) is 32.6 Å². The second-order valence-corrected chi connectivity index (χ2v) is 6.54. The number of ether oxygens (including phenoxy) is 1. The maximum absolute atomic E-state index is 14.4. The zero-order valence-electron chi connectivity index (χ0n) is 16.7. The predicted molar refractivity (Wildman–Crippen MR) is 113 cm³/mol. The van der Waals surface area contributed by atoms with E-state index in [0.29, 0.717) is 12.2 Å². The maximum Gasteiger partial charge on any atom is 0.255 e. The molecule has 2 aromatic rings. The minimum Gasteiger partial charge on any atom is -0.494 e. The second-order valence-electron chi connectivity index (χ2n) is 6.54. The molecular formula is C22H30FN3O2. The zero-order valence-corrected chi connectivity index (χ0v) is 16.7. The first kappa shape index (κ1) is 21.7. The average Bonchev–Trinajstić information content (AvgIpc) is 3.26. The van der Waals surface area contributed by atoms with E-state index in [-0.39, 0.29) is 11.6 Å². The zero-order chi connectivity index (χ0) is 20.4. The smallest absolute Gasteiger partial charge is 0.255 e. The lowest BCUT2D eigenvalue weighted by molar-refractivity contribution is 0.102. The van der Waals surface area contributed by atoms with Crippen molar-refractivity contribution in [1.29, 1.82) is 0 Å². The van der Waals surface area contributed by atoms with E-state index in [9.17, 15) is 9.18 Å². The van der Waals surface area contributed by atoms with Gasteiger partial charge < -0.3 is 20.7 Å². The first-order valence-corrected chi connectivity index (χ1v) is 9.84. The third-order valence-electron chi connectivity index (χ3n) is 4.56. The monoisotopic (exact) mass is 387 g/mol. The first-order valence-electron chi connectivity index (χ1n) is 9.84. The van der Waals surface area contributed by atoms with Gasteiger partial charge in [0.1, 0.15) is 11.6 Å². The summed E-state index contributed by atoms with van der Waals surface area (Å²) in [5, 5.41) is 2.64. The van der Waals surface area contributed by atoms with Gasteiger partial charge in [0.2, 0.25) is 0 Å². The summed E-state index contributed by atoms with van der Waals surface area (Å²) in [6, 6.07) is 11.9. The first-order chi connectivity index (χ1) is 13.7. The number of nitrogens with one attached hydrogen (secondary N) is 1. The van der Waals surface area contributed by atoms with Crippen molar-refractivity contribution >= 4 is 17.3 Å². The number of nitrogens with two attached hydrogens (primary N) is 1. The van der Waals surface area contributed by atoms with Crippen LogP contribution in [-0.2, 0) is 0 Å². The maximum atomic E-state index is 14.4. The SMILES string of the molecule is CCCCOc1ccc(C(=O)Nc2ccc(N3CCCC3)cc2F)cc1.CN. The number of halogens is 1. The number of carbonyl (C=O) groups is 1. The number of amides is 1. The van der Waals surface area contributed by atoms with Crippen LogP contribution in [0.15, 0.2) is 42.5 Å². The van der Waals surface area contributed by atoms with Crippen molar-refractivity contribution in [2.24, 2.45) is 5.73 Å². The molecule has 1 aliphatic rings. The van der Waals surface area contributed by atoms with Gasteiger partial charge >= 0.3 is 0 Å². The Kier molecular flexibility index (Phi) is 8.75. The van der Waals surface area contributed by atoms with Crippen LogP contribution >= 0.6 is 0 Å². The molecule has 1 aliphatic heterocycles. The number of nitrogens with zero attached hydrogens (tertiary/aromatic N) is 1. The van der Waals surface area contributed by atoms with Gasteiger partial charge in [-0.05, 0) is 68.8 Å². The van der Waals surface area contributed by atoms with Gasteiger partial charge in [0.05, 0.1) is 12.3 Å². The molecule has 0 spiro atoms. The Morgan fingerprint density at radius 3 is 2.43 bits per heavy atom. The van der Waals surface area contributed by atoms with Crippen LogP contribution in [0.4, 0.5) is 15.8 Å². The second kappa shape index (κ2) is 11.3.